The molecule has 19 heavy (non-hydrogen) atoms. The second-order valence-corrected chi connectivity index (χ2v) is 5.65. The number of hydrogen-bond acceptors (Lipinski definition) is 1. The van der Waals surface area contributed by atoms with Gasteiger partial charge in [0.25, 0.3) is 0 Å². The number of unbranched alkanes of at least 4 members (excludes halogenated alkanes) is 4. The fraction of sp³-hybridized carbons (Fsp3) is 1.00. The fourth-order valence-electron chi connectivity index (χ4n) is 2.64. The van der Waals surface area contributed by atoms with Crippen LogP contribution in [0.5, 0.6) is 0 Å². The van der Waals surface area contributed by atoms with E-state index in [0.29, 0.717) is 0 Å². The van der Waals surface area contributed by atoms with Crippen LogP contribution in [0.1, 0.15) is 79.1 Å². The van der Waals surface area contributed by atoms with Crippen molar-refractivity contribution in [3.63, 3.8) is 0 Å². The summed E-state index contributed by atoms with van der Waals surface area (Å²) in [5.74, 6) is 0. The number of nitrogens with zero attached hydrogens (tertiary/aromatic N) is 1. The lowest BCUT2D eigenvalue weighted by molar-refractivity contribution is -0.929. The van der Waals surface area contributed by atoms with Gasteiger partial charge in [0, 0.05) is 0 Å². The molecule has 0 N–H and O–H groups in total. The normalized spacial score (nSPS) is 11.1. The van der Waals surface area contributed by atoms with E-state index < -0.39 is 0 Å². The highest BCUT2D eigenvalue weighted by Gasteiger charge is 2.24. The van der Waals surface area contributed by atoms with Gasteiger partial charge in [-0.15, -0.1) is 0 Å². The minimum absolute atomic E-state index is 1.35. The van der Waals surface area contributed by atoms with Gasteiger partial charge in [0.2, 0.25) is 0 Å². The second kappa shape index (κ2) is 16.5. The highest BCUT2D eigenvalue weighted by atomic mass is 79.9. The lowest BCUT2D eigenvalue weighted by Gasteiger charge is -2.39. The van der Waals surface area contributed by atoms with Gasteiger partial charge in [-0.3, -0.25) is 0 Å². The van der Waals surface area contributed by atoms with Gasteiger partial charge in [-0.05, 0) is 25.7 Å². The molecule has 0 unspecified atom stereocenters. The first kappa shape index (κ1) is 21.7. The molecule has 118 valence electrons. The molecule has 0 amide bonds. The zero-order valence-electron chi connectivity index (χ0n) is 13.7. The molecule has 0 heterocycles. The summed E-state index contributed by atoms with van der Waals surface area (Å²) in [6.45, 7) is 15.0. The van der Waals surface area contributed by atoms with Crippen molar-refractivity contribution in [3.8, 4) is 0 Å². The molecule has 0 aliphatic rings. The predicted molar refractivity (Wildman–Crippen MR) is 88.3 cm³/mol. The van der Waals surface area contributed by atoms with Crippen LogP contribution in [0, 0.1) is 0 Å². The summed E-state index contributed by atoms with van der Waals surface area (Å²) in [6.07, 6.45) is 11.1. The van der Waals surface area contributed by atoms with Crippen molar-refractivity contribution < 1.29 is 8.68 Å². The van der Waals surface area contributed by atoms with Gasteiger partial charge in [-0.1, -0.05) is 53.4 Å². The number of hydrogen-bond donors (Lipinski definition) is 0. The van der Waals surface area contributed by atoms with E-state index >= 15 is 0 Å². The van der Waals surface area contributed by atoms with E-state index in [1.807, 2.05) is 0 Å². The molecule has 0 aliphatic heterocycles. The zero-order chi connectivity index (χ0) is 15.0. The van der Waals surface area contributed by atoms with Gasteiger partial charge >= 0.3 is 0 Å². The molecule has 0 saturated carbocycles. The second-order valence-electron chi connectivity index (χ2n) is 5.65. The van der Waals surface area contributed by atoms with E-state index in [1.165, 1.54) is 82.0 Å². The van der Waals surface area contributed by atoms with Crippen LogP contribution in [-0.4, -0.2) is 30.7 Å². The Hall–Kier alpha value is 0.400. The maximum atomic E-state index is 8.06. The Balaban J connectivity index is 0. The average molecular weight is 338 g/mol. The Morgan fingerprint density at radius 3 is 0.947 bits per heavy atom. The van der Waals surface area contributed by atoms with Crippen LogP contribution < -0.4 is 4.20 Å². The topological polar surface area (TPSA) is 23.1 Å². The van der Waals surface area contributed by atoms with Crippen molar-refractivity contribution in [1.29, 1.82) is 0 Å². The van der Waals surface area contributed by atoms with Crippen LogP contribution >= 0.6 is 16.3 Å². The SMILES string of the molecule is CCCC[N+](CCCC)(CCCC)CCCC.[O-]Br. The van der Waals surface area contributed by atoms with Crippen LogP contribution in [0.25, 0.3) is 0 Å². The maximum absolute atomic E-state index is 8.06. The summed E-state index contributed by atoms with van der Waals surface area (Å²) in [5.41, 5.74) is 0. The van der Waals surface area contributed by atoms with Gasteiger partial charge in [0.05, 0.1) is 26.2 Å². The molecule has 0 saturated heterocycles. The van der Waals surface area contributed by atoms with E-state index in [9.17, 15) is 0 Å². The Morgan fingerprint density at radius 2 is 0.789 bits per heavy atom. The predicted octanol–water partition coefficient (Wildman–Crippen LogP) is 4.66. The highest BCUT2D eigenvalue weighted by Crippen LogP contribution is 2.16. The van der Waals surface area contributed by atoms with Crippen LogP contribution in [0.3, 0.4) is 0 Å². The maximum Gasteiger partial charge on any atom is 0.0786 e. The Morgan fingerprint density at radius 1 is 0.579 bits per heavy atom. The van der Waals surface area contributed by atoms with Gasteiger partial charge in [-0.25, -0.2) is 16.3 Å². The Labute approximate surface area is 130 Å². The van der Waals surface area contributed by atoms with E-state index in [-0.39, 0.29) is 0 Å². The molecule has 3 heteroatoms. The molecule has 0 aromatic rings. The van der Waals surface area contributed by atoms with Gasteiger partial charge < -0.3 is 8.68 Å². The van der Waals surface area contributed by atoms with Gasteiger partial charge in [0.1, 0.15) is 0 Å². The Bertz CT molecular complexity index is 127. The Kier molecular flexibility index (Phi) is 18.8. The lowest BCUT2D eigenvalue weighted by Crippen LogP contribution is -2.50. The van der Waals surface area contributed by atoms with Crippen LogP contribution in [0.4, 0.5) is 0 Å². The van der Waals surface area contributed by atoms with Crippen LogP contribution in [-0.2, 0) is 0 Å². The van der Waals surface area contributed by atoms with E-state index in [0.717, 1.165) is 0 Å². The lowest BCUT2D eigenvalue weighted by atomic mass is 10.1. The van der Waals surface area contributed by atoms with Crippen molar-refractivity contribution in [2.75, 3.05) is 26.2 Å². The first-order valence-corrected chi connectivity index (χ1v) is 8.90. The average Bonchev–Trinajstić information content (AvgIpc) is 2.48. The van der Waals surface area contributed by atoms with E-state index in [2.05, 4.69) is 27.7 Å². The first-order chi connectivity index (χ1) is 9.24. The molecular weight excluding hydrogens is 302 g/mol. The molecule has 0 aromatic carbocycles. The third kappa shape index (κ3) is 11.9. The van der Waals surface area contributed by atoms with Crippen LogP contribution in [0.15, 0.2) is 0 Å². The molecule has 2 nitrogen and oxygen atoms in total. The number of rotatable bonds is 12. The van der Waals surface area contributed by atoms with Gasteiger partial charge in [-0.2, -0.15) is 0 Å². The molecule has 0 radical (unpaired) electrons. The van der Waals surface area contributed by atoms with Gasteiger partial charge in [0.15, 0.2) is 0 Å². The minimum Gasteiger partial charge on any atom is -0.791 e. The van der Waals surface area contributed by atoms with Crippen molar-refractivity contribution in [2.45, 2.75) is 79.1 Å². The third-order valence-corrected chi connectivity index (χ3v) is 3.94. The molecule has 0 spiro atoms. The summed E-state index contributed by atoms with van der Waals surface area (Å²) in [4.78, 5) is 0. The summed E-state index contributed by atoms with van der Waals surface area (Å²) in [5, 5.41) is 0. The molecule has 0 aromatic heterocycles. The van der Waals surface area contributed by atoms with Crippen molar-refractivity contribution in [2.24, 2.45) is 0 Å². The standard InChI is InChI=1S/C16H36N.BrO/c1-5-9-13-17(14-10-6-2,15-11-7-3)16-12-8-4;1-2/h5-16H2,1-4H3;/q+1;-1. The van der Waals surface area contributed by atoms with Crippen molar-refractivity contribution in [3.05, 3.63) is 0 Å². The summed E-state index contributed by atoms with van der Waals surface area (Å²) >= 11 is 1.69. The summed E-state index contributed by atoms with van der Waals surface area (Å²) in [6, 6.07) is 0. The number of quaternary nitrogens is 1. The molecule has 0 aliphatic carbocycles. The molecule has 0 fully saturated rings. The fourth-order valence-corrected chi connectivity index (χ4v) is 2.64. The largest absolute Gasteiger partial charge is 0.791 e. The van der Waals surface area contributed by atoms with Crippen molar-refractivity contribution in [1.82, 2.24) is 0 Å². The molecule has 0 bridgehead atoms. The van der Waals surface area contributed by atoms with Crippen LogP contribution in [0.2, 0.25) is 0 Å². The third-order valence-electron chi connectivity index (χ3n) is 3.94. The monoisotopic (exact) mass is 337 g/mol. The quantitative estimate of drug-likeness (QED) is 0.475. The smallest absolute Gasteiger partial charge is 0.0786 e. The zero-order valence-corrected chi connectivity index (χ0v) is 15.3. The molecule has 0 rings (SSSR count). The minimum atomic E-state index is 1.35. The van der Waals surface area contributed by atoms with E-state index in [4.69, 9.17) is 4.20 Å². The highest BCUT2D eigenvalue weighted by molar-refractivity contribution is 9.04. The van der Waals surface area contributed by atoms with Crippen molar-refractivity contribution >= 4 is 16.3 Å². The summed E-state index contributed by atoms with van der Waals surface area (Å²) in [7, 11) is 0. The molecule has 0 atom stereocenters. The van der Waals surface area contributed by atoms with E-state index in [1.54, 1.807) is 16.3 Å². The first-order valence-electron chi connectivity index (χ1n) is 8.25. The number of halogens is 1. The summed E-state index contributed by atoms with van der Waals surface area (Å²) < 4.78 is 9.48. The molecular formula is C16H36BrNO.